The summed E-state index contributed by atoms with van der Waals surface area (Å²) in [5.41, 5.74) is 7.33. The lowest BCUT2D eigenvalue weighted by atomic mass is 10.1. The molecule has 1 aliphatic carbocycles. The van der Waals surface area contributed by atoms with E-state index in [9.17, 15) is 56.9 Å². The van der Waals surface area contributed by atoms with Gasteiger partial charge in [-0.05, 0) is 103 Å². The van der Waals surface area contributed by atoms with Crippen LogP contribution in [0.15, 0.2) is 169 Å². The van der Waals surface area contributed by atoms with Crippen LogP contribution in [-0.4, -0.2) is 78.2 Å². The number of fused-ring (bicyclic) bond motifs is 2. The summed E-state index contributed by atoms with van der Waals surface area (Å²) in [5, 5.41) is 17.7. The molecule has 374 valence electrons. The van der Waals surface area contributed by atoms with Gasteiger partial charge in [-0.2, -0.15) is 38.8 Å². The van der Waals surface area contributed by atoms with Crippen LogP contribution in [0.2, 0.25) is 0 Å². The minimum atomic E-state index is -4.53. The van der Waals surface area contributed by atoms with Gasteiger partial charge in [0.05, 0.1) is 42.4 Å². The van der Waals surface area contributed by atoms with Gasteiger partial charge in [-0.25, -0.2) is 0 Å². The average molecular weight is 1050 g/mol. The summed E-state index contributed by atoms with van der Waals surface area (Å²) in [6, 6.07) is 27.0. The molecule has 7 rings (SSSR count). The molecule has 0 unspecified atom stereocenters. The lowest BCUT2D eigenvalue weighted by Gasteiger charge is -2.24. The fourth-order valence-electron chi connectivity index (χ4n) is 6.82. The molecule has 24 heteroatoms. The summed E-state index contributed by atoms with van der Waals surface area (Å²) in [4.78, 5) is 22.5. The number of aldehydes is 1. The number of nitrogens with zero attached hydrogens (tertiary/aromatic N) is 3. The van der Waals surface area contributed by atoms with Crippen LogP contribution < -0.4 is 21.1 Å². The Balaban J connectivity index is 0.000000267. The largest absolute Gasteiger partial charge is 0.388 e. The first kappa shape index (κ1) is 54.8. The number of carbonyl (C=O) groups is 2. The van der Waals surface area contributed by atoms with Crippen molar-refractivity contribution in [3.63, 3.8) is 0 Å². The number of hydrogen-bond donors (Lipinski definition) is 7. The second-order valence-corrected chi connectivity index (χ2v) is 20.6. The molecule has 0 spiro atoms. The highest BCUT2D eigenvalue weighted by Gasteiger charge is 2.18. The molecule has 6 aromatic rings. The molecule has 0 saturated carbocycles. The molecule has 7 N–H and O–H groups in total. The predicted molar refractivity (Wildman–Crippen MR) is 271 cm³/mol. The van der Waals surface area contributed by atoms with Gasteiger partial charge in [0.1, 0.15) is 6.29 Å². The van der Waals surface area contributed by atoms with Crippen molar-refractivity contribution in [3.05, 3.63) is 155 Å². The predicted octanol–water partition coefficient (Wildman–Crippen LogP) is 9.03. The molecule has 0 saturated heterocycles. The van der Waals surface area contributed by atoms with Gasteiger partial charge in [-0.3, -0.25) is 38.2 Å². The van der Waals surface area contributed by atoms with E-state index in [0.29, 0.717) is 67.7 Å². The second-order valence-electron chi connectivity index (χ2n) is 14.9. The third-order valence-corrected chi connectivity index (χ3v) is 13.7. The van der Waals surface area contributed by atoms with E-state index in [1.807, 2.05) is 13.8 Å². The molecule has 0 aromatic heterocycles. The van der Waals surface area contributed by atoms with Gasteiger partial charge in [-0.15, -0.1) is 5.11 Å². The first-order chi connectivity index (χ1) is 33.4. The van der Waals surface area contributed by atoms with Gasteiger partial charge < -0.3 is 10.6 Å². The van der Waals surface area contributed by atoms with E-state index < -0.39 is 40.5 Å². The van der Waals surface area contributed by atoms with Crippen molar-refractivity contribution in [2.45, 2.75) is 47.8 Å². The molecule has 6 aromatic carbocycles. The maximum Gasteiger partial charge on any atom is 0.294 e. The number of amides is 1. The minimum Gasteiger partial charge on any atom is -0.388 e. The normalized spacial score (nSPS) is 12.9. The summed E-state index contributed by atoms with van der Waals surface area (Å²) in [6.45, 7) is 4.00. The number of benzene rings is 6. The Kier molecular flexibility index (Phi) is 17.9. The van der Waals surface area contributed by atoms with E-state index in [-0.39, 0.29) is 38.3 Å². The zero-order valence-corrected chi connectivity index (χ0v) is 41.5. The van der Waals surface area contributed by atoms with E-state index >= 15 is 0 Å². The lowest BCUT2D eigenvalue weighted by molar-refractivity contribution is -0.116. The Labute approximate surface area is 410 Å². The van der Waals surface area contributed by atoms with Crippen molar-refractivity contribution in [3.8, 4) is 0 Å². The summed E-state index contributed by atoms with van der Waals surface area (Å²) < 4.78 is 129. The zero-order valence-electron chi connectivity index (χ0n) is 38.2. The van der Waals surface area contributed by atoms with Crippen LogP contribution in [0.1, 0.15) is 42.6 Å². The molecule has 0 radical (unpaired) electrons. The Bertz CT molecular complexity index is 3560. The van der Waals surface area contributed by atoms with Crippen molar-refractivity contribution in [2.75, 3.05) is 35.2 Å². The zero-order chi connectivity index (χ0) is 52.3. The van der Waals surface area contributed by atoms with Crippen LogP contribution >= 0.6 is 0 Å². The maximum atomic E-state index is 12.8. The van der Waals surface area contributed by atoms with Gasteiger partial charge in [0.2, 0.25) is 5.91 Å². The fraction of sp³-hybridized carbons (Fsp3) is 0.149. The number of hydrazine groups is 1. The number of allylic oxidation sites excluding steroid dienone is 4. The van der Waals surface area contributed by atoms with Gasteiger partial charge in [0.25, 0.3) is 40.5 Å². The second kappa shape index (κ2) is 23.2. The lowest BCUT2D eigenvalue weighted by Crippen LogP contribution is -2.25. The highest BCUT2D eigenvalue weighted by atomic mass is 32.2. The molecule has 0 bridgehead atoms. The Morgan fingerprint density at radius 2 is 1.20 bits per heavy atom. The Morgan fingerprint density at radius 3 is 1.76 bits per heavy atom. The number of aryl methyl sites for hydroxylation is 1. The summed E-state index contributed by atoms with van der Waals surface area (Å²) >= 11 is 0. The molecule has 0 fully saturated rings. The quantitative estimate of drug-likeness (QED) is 0.0218. The molecule has 0 atom stereocenters. The standard InChI is InChI=1S/C27H25N3O8S2.C18H17N3O6S2.C2H6/c1-30(29-20-7-9-21(10-8-20)39(33,34)35)26-14-13-25(24-16-22(40(36,37)38)11-12-23(24)26)28-27(32)15-6-18-2-4-19(17-31)5-3-18;1-19-17-9-10-18(15-8-7-14(11-16(15)17)29(25,26)27)21-20-12-3-2-4-13(6-5-12)28(22,23)24;1-2/h2-5,7-14,16-17,29H,6,15H2,1H3,(H,28,32)(H,33,34,35)(H,36,37,38);3-11,19H,2H2,1H3,(H,22,23,24)(H,25,26,27);1-2H3. The molecular weight excluding hydrogens is 1000 g/mol. The summed E-state index contributed by atoms with van der Waals surface area (Å²) in [6.07, 6.45) is 7.15. The summed E-state index contributed by atoms with van der Waals surface area (Å²) in [5.74, 6) is -0.323. The molecule has 1 amide bonds. The van der Waals surface area contributed by atoms with Crippen LogP contribution in [0.25, 0.3) is 21.5 Å². The van der Waals surface area contributed by atoms with E-state index in [0.717, 1.165) is 11.8 Å². The highest BCUT2D eigenvalue weighted by molar-refractivity contribution is 7.90. The van der Waals surface area contributed by atoms with Crippen LogP contribution in [0.4, 0.5) is 28.4 Å². The van der Waals surface area contributed by atoms with E-state index in [1.165, 1.54) is 78.9 Å². The SMILES string of the molecule is CC.CN(Nc1ccc(S(=O)(=O)O)cc1)c1ccc(NC(=O)CCc2ccc(C=O)cc2)c2cc(S(=O)(=O)O)ccc12.CNc1ccc(N=NC2=CCC=C(S(=O)(=O)O)C=C2)c2ccc(S(=O)(=O)O)cc12. The van der Waals surface area contributed by atoms with Crippen molar-refractivity contribution < 1.29 is 61.5 Å². The molecule has 1 aliphatic rings. The molecule has 0 aliphatic heterocycles. The van der Waals surface area contributed by atoms with Crippen LogP contribution in [0, 0.1) is 0 Å². The van der Waals surface area contributed by atoms with Gasteiger partial charge in [-0.1, -0.05) is 62.4 Å². The average Bonchev–Trinajstić information content (AvgIpc) is 3.59. The third-order valence-electron chi connectivity index (χ3n) is 10.3. The fourth-order valence-corrected chi connectivity index (χ4v) is 8.86. The molecule has 0 heterocycles. The topological polar surface area (TPSA) is 316 Å². The van der Waals surface area contributed by atoms with E-state index in [4.69, 9.17) is 4.55 Å². The van der Waals surface area contributed by atoms with Crippen LogP contribution in [-0.2, 0) is 51.7 Å². The monoisotopic (exact) mass is 1050 g/mol. The molecular formula is C47H48N6O14S4. The molecule has 71 heavy (non-hydrogen) atoms. The smallest absolute Gasteiger partial charge is 0.294 e. The summed E-state index contributed by atoms with van der Waals surface area (Å²) in [7, 11) is -14.2. The number of anilines is 4. The van der Waals surface area contributed by atoms with Crippen molar-refractivity contribution in [1.29, 1.82) is 0 Å². The Hall–Kier alpha value is -7.16. The number of carbonyl (C=O) groups excluding carboxylic acids is 2. The van der Waals surface area contributed by atoms with Gasteiger partial charge in [0, 0.05) is 59.0 Å². The van der Waals surface area contributed by atoms with E-state index in [1.54, 1.807) is 73.7 Å². The first-order valence-electron chi connectivity index (χ1n) is 21.1. The van der Waals surface area contributed by atoms with E-state index in [2.05, 4.69) is 26.3 Å². The Morgan fingerprint density at radius 1 is 0.634 bits per heavy atom. The number of nitrogens with one attached hydrogen (secondary N) is 3. The van der Waals surface area contributed by atoms with Crippen molar-refractivity contribution in [1.82, 2.24) is 0 Å². The highest BCUT2D eigenvalue weighted by Crippen LogP contribution is 2.36. The third kappa shape index (κ3) is 14.7. The number of rotatable bonds is 15. The first-order valence-corrected chi connectivity index (χ1v) is 26.9. The molecule has 20 nitrogen and oxygen atoms in total. The minimum absolute atomic E-state index is 0.128. The number of azo groups is 1. The van der Waals surface area contributed by atoms with Crippen LogP contribution in [0.3, 0.4) is 0 Å². The van der Waals surface area contributed by atoms with Crippen molar-refractivity contribution >= 4 is 103 Å². The number of hydrogen-bond acceptors (Lipinski definition) is 15. The van der Waals surface area contributed by atoms with Crippen molar-refractivity contribution in [2.24, 2.45) is 10.2 Å². The maximum absolute atomic E-state index is 12.8. The van der Waals surface area contributed by atoms with Crippen LogP contribution in [0.5, 0.6) is 0 Å². The van der Waals surface area contributed by atoms with Gasteiger partial charge in [0.15, 0.2) is 0 Å². The van der Waals surface area contributed by atoms with Gasteiger partial charge >= 0.3 is 0 Å².